The maximum Gasteiger partial charge on any atom is 0.316 e. The molecule has 4 aliphatic heterocycles. The SMILES string of the molecule is CC1=C[C@H]2C(=O)O[C@H]3C[C@@H](C/C=C(\C)C[C@@H](C)/C=C/C=C4\COC([C@@H]1O)[C@@]42O)O[C@@]1(C3)OC(C)[C@@H](C)C(OC(=O)C(C)CC(C)C)C1O. The first kappa shape index (κ1) is 36.9. The van der Waals surface area contributed by atoms with E-state index in [-0.39, 0.29) is 36.8 Å². The van der Waals surface area contributed by atoms with Crippen molar-refractivity contribution in [3.8, 4) is 0 Å². The molecule has 0 amide bonds. The van der Waals surface area contributed by atoms with Crippen molar-refractivity contribution in [1.82, 2.24) is 0 Å². The largest absolute Gasteiger partial charge is 0.462 e. The van der Waals surface area contributed by atoms with Crippen LogP contribution in [-0.4, -0.2) is 88.0 Å². The minimum atomic E-state index is -1.81. The Labute approximate surface area is 285 Å². The van der Waals surface area contributed by atoms with Gasteiger partial charge < -0.3 is 39.0 Å². The number of carbonyl (C=O) groups excluding carboxylic acids is 2. The van der Waals surface area contributed by atoms with Crippen LogP contribution < -0.4 is 0 Å². The first-order valence-corrected chi connectivity index (χ1v) is 17.7. The molecule has 268 valence electrons. The van der Waals surface area contributed by atoms with Gasteiger partial charge in [0.05, 0.1) is 24.7 Å². The zero-order valence-electron chi connectivity index (χ0n) is 29.8. The average Bonchev–Trinajstić information content (AvgIpc) is 3.35. The van der Waals surface area contributed by atoms with E-state index < -0.39 is 66.0 Å². The van der Waals surface area contributed by atoms with Gasteiger partial charge in [0.15, 0.2) is 0 Å². The van der Waals surface area contributed by atoms with E-state index in [4.69, 9.17) is 23.7 Å². The van der Waals surface area contributed by atoms with E-state index >= 15 is 0 Å². The maximum absolute atomic E-state index is 14.1. The molecule has 10 heteroatoms. The fourth-order valence-corrected chi connectivity index (χ4v) is 8.16. The van der Waals surface area contributed by atoms with E-state index in [1.54, 1.807) is 19.1 Å². The van der Waals surface area contributed by atoms with Crippen molar-refractivity contribution >= 4 is 11.9 Å². The summed E-state index contributed by atoms with van der Waals surface area (Å²) in [5, 5.41) is 35.1. The van der Waals surface area contributed by atoms with Crippen LogP contribution in [0.15, 0.2) is 47.1 Å². The summed E-state index contributed by atoms with van der Waals surface area (Å²) in [5.74, 6) is -3.97. The van der Waals surface area contributed by atoms with E-state index in [1.807, 2.05) is 46.8 Å². The Morgan fingerprint density at radius 3 is 2.54 bits per heavy atom. The second kappa shape index (κ2) is 14.5. The van der Waals surface area contributed by atoms with Gasteiger partial charge in [-0.15, -0.1) is 0 Å². The van der Waals surface area contributed by atoms with Crippen molar-refractivity contribution < 1.29 is 48.6 Å². The molecule has 3 saturated heterocycles. The lowest BCUT2D eigenvalue weighted by Gasteiger charge is -2.53. The van der Waals surface area contributed by atoms with Crippen LogP contribution in [0.25, 0.3) is 0 Å². The highest BCUT2D eigenvalue weighted by Gasteiger charge is 2.61. The van der Waals surface area contributed by atoms with Gasteiger partial charge in [-0.1, -0.05) is 70.6 Å². The van der Waals surface area contributed by atoms with Crippen LogP contribution >= 0.6 is 0 Å². The van der Waals surface area contributed by atoms with Crippen molar-refractivity contribution in [3.63, 3.8) is 0 Å². The quantitative estimate of drug-likeness (QED) is 0.284. The number of ether oxygens (including phenoxy) is 5. The van der Waals surface area contributed by atoms with Gasteiger partial charge in [0.1, 0.15) is 42.0 Å². The number of hydrogen-bond donors (Lipinski definition) is 3. The molecule has 13 atom stereocenters. The predicted octanol–water partition coefficient (Wildman–Crippen LogP) is 4.71. The van der Waals surface area contributed by atoms with Crippen molar-refractivity contribution in [3.05, 3.63) is 47.1 Å². The predicted molar refractivity (Wildman–Crippen MR) is 178 cm³/mol. The van der Waals surface area contributed by atoms with Gasteiger partial charge in [-0.2, -0.15) is 0 Å². The number of esters is 2. The molecule has 1 spiro atoms. The van der Waals surface area contributed by atoms with Gasteiger partial charge in [-0.25, -0.2) is 0 Å². The molecule has 0 radical (unpaired) electrons. The molecule has 10 nitrogen and oxygen atoms in total. The molecule has 5 aliphatic rings. The minimum Gasteiger partial charge on any atom is -0.462 e. The lowest BCUT2D eigenvalue weighted by Crippen LogP contribution is -2.67. The summed E-state index contributed by atoms with van der Waals surface area (Å²) in [6, 6.07) is 0. The monoisotopic (exact) mass is 672 g/mol. The van der Waals surface area contributed by atoms with Gasteiger partial charge in [-0.05, 0) is 63.0 Å². The summed E-state index contributed by atoms with van der Waals surface area (Å²) in [4.78, 5) is 27.3. The number of carbonyl (C=O) groups is 2. The third-order valence-corrected chi connectivity index (χ3v) is 11.0. The molecular weight excluding hydrogens is 616 g/mol. The van der Waals surface area contributed by atoms with Crippen molar-refractivity contribution in [1.29, 1.82) is 0 Å². The van der Waals surface area contributed by atoms with E-state index in [9.17, 15) is 24.9 Å². The van der Waals surface area contributed by atoms with Crippen LogP contribution in [0.5, 0.6) is 0 Å². The van der Waals surface area contributed by atoms with Crippen LogP contribution in [0.1, 0.15) is 87.5 Å². The van der Waals surface area contributed by atoms with Gasteiger partial charge in [-0.3, -0.25) is 9.59 Å². The Bertz CT molecular complexity index is 1330. The zero-order valence-corrected chi connectivity index (χ0v) is 29.8. The number of rotatable bonds is 4. The highest BCUT2D eigenvalue weighted by molar-refractivity contribution is 5.78. The first-order valence-electron chi connectivity index (χ1n) is 17.7. The lowest BCUT2D eigenvalue weighted by molar-refractivity contribution is -0.383. The van der Waals surface area contributed by atoms with Crippen LogP contribution in [-0.2, 0) is 33.3 Å². The van der Waals surface area contributed by atoms with Crippen LogP contribution in [0.3, 0.4) is 0 Å². The normalized spacial score (nSPS) is 45.6. The molecule has 48 heavy (non-hydrogen) atoms. The lowest BCUT2D eigenvalue weighted by atomic mass is 9.71. The summed E-state index contributed by atoms with van der Waals surface area (Å²) >= 11 is 0. The number of allylic oxidation sites excluding steroid dienone is 4. The molecule has 0 aromatic carbocycles. The Morgan fingerprint density at radius 2 is 1.83 bits per heavy atom. The number of hydrogen-bond acceptors (Lipinski definition) is 10. The second-order valence-electron chi connectivity index (χ2n) is 15.5. The highest BCUT2D eigenvalue weighted by Crippen LogP contribution is 2.47. The van der Waals surface area contributed by atoms with Crippen molar-refractivity contribution in [2.24, 2.45) is 29.6 Å². The Kier molecular flexibility index (Phi) is 11.1. The van der Waals surface area contributed by atoms with Crippen LogP contribution in [0, 0.1) is 29.6 Å². The molecule has 0 saturated carbocycles. The number of aliphatic hydroxyl groups excluding tert-OH is 2. The highest BCUT2D eigenvalue weighted by atomic mass is 16.7. The summed E-state index contributed by atoms with van der Waals surface area (Å²) in [5.41, 5.74) is 0.348. The Balaban J connectivity index is 1.50. The summed E-state index contributed by atoms with van der Waals surface area (Å²) < 4.78 is 31.3. The standard InChI is InChI=1S/C38H56O10/c1-20(2)14-24(6)35(41)46-32-25(7)26(8)47-37(33(32)40)18-29-17-28(48-37)13-12-22(4)15-21(3)10-9-11-27-19-44-34-31(39)23(5)16-30(36(42)45-29)38(27,34)43/h9-12,16,20-21,24-26,28-34,39-40,43H,13-15,17-19H2,1-8H3/b10-9+,22-12+,27-11+/t21-,24?,25+,26?,28+,29-,30-,31+,32?,33?,34?,37+,38+/m0/s1. The zero-order chi connectivity index (χ0) is 35.1. The molecule has 0 aromatic heterocycles. The van der Waals surface area contributed by atoms with Crippen LogP contribution in [0.4, 0.5) is 0 Å². The molecule has 3 fully saturated rings. The maximum atomic E-state index is 14.1. The van der Waals surface area contributed by atoms with Crippen molar-refractivity contribution in [2.45, 2.75) is 142 Å². The smallest absolute Gasteiger partial charge is 0.316 e. The van der Waals surface area contributed by atoms with Crippen LogP contribution in [0.2, 0.25) is 0 Å². The van der Waals surface area contributed by atoms with Gasteiger partial charge >= 0.3 is 11.9 Å². The molecule has 0 aromatic rings. The van der Waals surface area contributed by atoms with E-state index in [0.29, 0.717) is 36.3 Å². The molecule has 1 aliphatic carbocycles. The summed E-state index contributed by atoms with van der Waals surface area (Å²) in [6.07, 6.45) is 5.63. The minimum absolute atomic E-state index is 0.00459. The molecular formula is C38H56O10. The van der Waals surface area contributed by atoms with Crippen molar-refractivity contribution in [2.75, 3.05) is 6.61 Å². The molecule has 3 N–H and O–H groups in total. The Hall–Kier alpha value is -2.34. The van der Waals surface area contributed by atoms with Gasteiger partial charge in [0.25, 0.3) is 0 Å². The molecule has 2 bridgehead atoms. The topological polar surface area (TPSA) is 141 Å². The van der Waals surface area contributed by atoms with Gasteiger partial charge in [0.2, 0.25) is 5.79 Å². The summed E-state index contributed by atoms with van der Waals surface area (Å²) in [7, 11) is 0. The molecule has 4 heterocycles. The first-order chi connectivity index (χ1) is 22.6. The number of aliphatic hydroxyl groups is 3. The van der Waals surface area contributed by atoms with E-state index in [1.165, 1.54) is 0 Å². The van der Waals surface area contributed by atoms with Gasteiger partial charge in [0, 0.05) is 18.8 Å². The Morgan fingerprint density at radius 1 is 1.10 bits per heavy atom. The molecule has 5 rings (SSSR count). The summed E-state index contributed by atoms with van der Waals surface area (Å²) in [6.45, 7) is 15.6. The molecule has 5 unspecified atom stereocenters. The third kappa shape index (κ3) is 7.25. The average molecular weight is 673 g/mol. The number of fused-ring (bicyclic) bond motifs is 2. The second-order valence-corrected chi connectivity index (χ2v) is 15.5. The van der Waals surface area contributed by atoms with E-state index in [2.05, 4.69) is 19.9 Å². The fraction of sp³-hybridized carbons (Fsp3) is 0.737. The van der Waals surface area contributed by atoms with E-state index in [0.717, 1.165) is 12.0 Å². The third-order valence-electron chi connectivity index (χ3n) is 11.0. The fourth-order valence-electron chi connectivity index (χ4n) is 8.16.